The number of aliphatic hydroxyl groups excluding tert-OH is 1. The van der Waals surface area contributed by atoms with Gasteiger partial charge in [0.15, 0.2) is 5.82 Å². The summed E-state index contributed by atoms with van der Waals surface area (Å²) in [6, 6.07) is 14.1. The van der Waals surface area contributed by atoms with Crippen LogP contribution in [0.4, 0.5) is 11.5 Å². The Bertz CT molecular complexity index is 1000. The van der Waals surface area contributed by atoms with Crippen LogP contribution in [0.25, 0.3) is 22.6 Å². The van der Waals surface area contributed by atoms with E-state index in [4.69, 9.17) is 21.6 Å². The Morgan fingerprint density at radius 2 is 1.93 bits per heavy atom. The number of aryl methyl sites for hydroxylation is 1. The maximum atomic E-state index is 9.45. The molecule has 1 aliphatic heterocycles. The minimum Gasteiger partial charge on any atom is -0.395 e. The van der Waals surface area contributed by atoms with Crippen molar-refractivity contribution in [2.24, 2.45) is 0 Å². The molecular formula is C22H23ClN4O. The van der Waals surface area contributed by atoms with Crippen molar-refractivity contribution >= 4 is 23.1 Å². The molecule has 28 heavy (non-hydrogen) atoms. The van der Waals surface area contributed by atoms with Gasteiger partial charge in [-0.25, -0.2) is 9.97 Å². The summed E-state index contributed by atoms with van der Waals surface area (Å²) >= 11 is 6.21. The average Bonchev–Trinajstić information content (AvgIpc) is 2.86. The highest BCUT2D eigenvalue weighted by Crippen LogP contribution is 2.38. The van der Waals surface area contributed by atoms with Gasteiger partial charge in [-0.3, -0.25) is 0 Å². The summed E-state index contributed by atoms with van der Waals surface area (Å²) in [6.45, 7) is 3.42. The van der Waals surface area contributed by atoms with Gasteiger partial charge in [0, 0.05) is 47.5 Å². The van der Waals surface area contributed by atoms with Crippen LogP contribution < -0.4 is 10.2 Å². The number of benzene rings is 2. The number of aliphatic hydroxyl groups is 1. The molecule has 0 atom stereocenters. The van der Waals surface area contributed by atoms with Gasteiger partial charge in [0.1, 0.15) is 5.82 Å². The van der Waals surface area contributed by atoms with Crippen molar-refractivity contribution in [2.45, 2.75) is 13.3 Å². The van der Waals surface area contributed by atoms with E-state index in [1.165, 1.54) is 5.56 Å². The fourth-order valence-corrected chi connectivity index (χ4v) is 3.69. The molecule has 0 saturated carbocycles. The molecule has 0 unspecified atom stereocenters. The molecule has 0 amide bonds. The number of hydrogen-bond acceptors (Lipinski definition) is 5. The molecule has 0 aliphatic carbocycles. The van der Waals surface area contributed by atoms with Crippen molar-refractivity contribution in [1.82, 2.24) is 9.97 Å². The van der Waals surface area contributed by atoms with Crippen LogP contribution in [0.3, 0.4) is 0 Å². The topological polar surface area (TPSA) is 61.3 Å². The number of nitrogens with zero attached hydrogens (tertiary/aromatic N) is 3. The van der Waals surface area contributed by atoms with E-state index >= 15 is 0 Å². The Morgan fingerprint density at radius 1 is 1.14 bits per heavy atom. The van der Waals surface area contributed by atoms with E-state index in [9.17, 15) is 5.11 Å². The van der Waals surface area contributed by atoms with E-state index in [1.54, 1.807) is 0 Å². The molecule has 6 heteroatoms. The zero-order chi connectivity index (χ0) is 19.7. The van der Waals surface area contributed by atoms with Gasteiger partial charge in [-0.2, -0.15) is 0 Å². The zero-order valence-corrected chi connectivity index (χ0v) is 16.8. The third-order valence-electron chi connectivity index (χ3n) is 5.02. The first-order valence-corrected chi connectivity index (χ1v) is 9.78. The van der Waals surface area contributed by atoms with Crippen LogP contribution in [-0.2, 0) is 6.42 Å². The lowest BCUT2D eigenvalue weighted by Crippen LogP contribution is -2.24. The third-order valence-corrected chi connectivity index (χ3v) is 5.25. The minimum atomic E-state index is 0.0690. The second kappa shape index (κ2) is 7.78. The van der Waals surface area contributed by atoms with E-state index < -0.39 is 0 Å². The first kappa shape index (κ1) is 18.7. The predicted molar refractivity (Wildman–Crippen MR) is 115 cm³/mol. The Labute approximate surface area is 170 Å². The van der Waals surface area contributed by atoms with Gasteiger partial charge in [-0.15, -0.1) is 0 Å². The largest absolute Gasteiger partial charge is 0.395 e. The van der Waals surface area contributed by atoms with Crippen LogP contribution in [-0.4, -0.2) is 41.8 Å². The van der Waals surface area contributed by atoms with Crippen LogP contribution in [0.1, 0.15) is 11.1 Å². The van der Waals surface area contributed by atoms with Gasteiger partial charge in [-0.1, -0.05) is 41.4 Å². The van der Waals surface area contributed by atoms with Gasteiger partial charge in [0.05, 0.1) is 12.3 Å². The Hall–Kier alpha value is -2.63. The molecule has 5 nitrogen and oxygen atoms in total. The van der Waals surface area contributed by atoms with Crippen LogP contribution in [0.2, 0.25) is 5.02 Å². The first-order valence-electron chi connectivity index (χ1n) is 9.40. The van der Waals surface area contributed by atoms with Gasteiger partial charge >= 0.3 is 0 Å². The molecule has 3 aromatic rings. The van der Waals surface area contributed by atoms with Gasteiger partial charge in [-0.05, 0) is 31.5 Å². The lowest BCUT2D eigenvalue weighted by atomic mass is 10.0. The average molecular weight is 395 g/mol. The highest BCUT2D eigenvalue weighted by molar-refractivity contribution is 6.31. The van der Waals surface area contributed by atoms with E-state index in [2.05, 4.69) is 24.4 Å². The van der Waals surface area contributed by atoms with E-state index in [-0.39, 0.29) is 6.61 Å². The van der Waals surface area contributed by atoms with Crippen LogP contribution in [0.15, 0.2) is 42.5 Å². The standard InChI is InChI=1S/C22H23ClN4O/c1-14-3-5-15(6-4-14)21-25-20-17-8-7-16(23)13-19(17)24-10-9-18(20)22(26-21)27(2)11-12-28/h3-8,13,24,28H,9-12H2,1-2H3. The molecule has 0 fully saturated rings. The van der Waals surface area contributed by atoms with Crippen molar-refractivity contribution in [3.8, 4) is 22.6 Å². The van der Waals surface area contributed by atoms with Crippen molar-refractivity contribution < 1.29 is 5.11 Å². The highest BCUT2D eigenvalue weighted by atomic mass is 35.5. The molecule has 4 rings (SSSR count). The second-order valence-corrected chi connectivity index (χ2v) is 7.51. The van der Waals surface area contributed by atoms with Gasteiger partial charge in [0.25, 0.3) is 0 Å². The number of aromatic nitrogens is 2. The molecular weight excluding hydrogens is 372 g/mol. The lowest BCUT2D eigenvalue weighted by Gasteiger charge is -2.22. The minimum absolute atomic E-state index is 0.0690. The van der Waals surface area contributed by atoms with Crippen LogP contribution >= 0.6 is 11.6 Å². The number of halogens is 1. The number of fused-ring (bicyclic) bond motifs is 3. The zero-order valence-electron chi connectivity index (χ0n) is 16.0. The van der Waals surface area contributed by atoms with E-state index in [1.807, 2.05) is 42.3 Å². The van der Waals surface area contributed by atoms with Crippen LogP contribution in [0.5, 0.6) is 0 Å². The van der Waals surface area contributed by atoms with Crippen LogP contribution in [0, 0.1) is 6.92 Å². The first-order chi connectivity index (χ1) is 13.6. The summed E-state index contributed by atoms with van der Waals surface area (Å²) in [6.07, 6.45) is 0.793. The quantitative estimate of drug-likeness (QED) is 0.695. The monoisotopic (exact) mass is 394 g/mol. The number of anilines is 2. The summed E-state index contributed by atoms with van der Waals surface area (Å²) in [5.74, 6) is 1.54. The smallest absolute Gasteiger partial charge is 0.162 e. The molecule has 2 aromatic carbocycles. The molecule has 2 N–H and O–H groups in total. The van der Waals surface area contributed by atoms with Crippen molar-refractivity contribution in [2.75, 3.05) is 37.0 Å². The summed E-state index contributed by atoms with van der Waals surface area (Å²) in [7, 11) is 1.96. The second-order valence-electron chi connectivity index (χ2n) is 7.08. The third kappa shape index (κ3) is 3.55. The Kier molecular flexibility index (Phi) is 5.20. The maximum absolute atomic E-state index is 9.45. The fraction of sp³-hybridized carbons (Fsp3) is 0.273. The van der Waals surface area contributed by atoms with E-state index in [0.29, 0.717) is 17.4 Å². The summed E-state index contributed by atoms with van der Waals surface area (Å²) in [5.41, 5.74) is 6.17. The maximum Gasteiger partial charge on any atom is 0.162 e. The molecule has 2 heterocycles. The van der Waals surface area contributed by atoms with Gasteiger partial charge < -0.3 is 15.3 Å². The molecule has 0 bridgehead atoms. The normalized spacial score (nSPS) is 12.6. The molecule has 1 aliphatic rings. The number of nitrogens with one attached hydrogen (secondary N) is 1. The Morgan fingerprint density at radius 3 is 2.68 bits per heavy atom. The summed E-state index contributed by atoms with van der Waals surface area (Å²) < 4.78 is 0. The number of likely N-dealkylation sites (N-methyl/N-ethyl adjacent to an activating group) is 1. The summed E-state index contributed by atoms with van der Waals surface area (Å²) in [5, 5.41) is 13.6. The summed E-state index contributed by atoms with van der Waals surface area (Å²) in [4.78, 5) is 11.8. The van der Waals surface area contributed by atoms with Crippen molar-refractivity contribution in [1.29, 1.82) is 0 Å². The highest BCUT2D eigenvalue weighted by Gasteiger charge is 2.23. The molecule has 1 aromatic heterocycles. The predicted octanol–water partition coefficient (Wildman–Crippen LogP) is 4.17. The SMILES string of the molecule is Cc1ccc(-c2nc3c(c(N(C)CCO)n2)CCNc2cc(Cl)ccc2-3)cc1. The van der Waals surface area contributed by atoms with E-state index in [0.717, 1.165) is 46.9 Å². The number of hydrogen-bond donors (Lipinski definition) is 2. The Balaban J connectivity index is 1.95. The number of rotatable bonds is 4. The van der Waals surface area contributed by atoms with Crippen molar-refractivity contribution in [3.63, 3.8) is 0 Å². The van der Waals surface area contributed by atoms with Crippen molar-refractivity contribution in [3.05, 3.63) is 58.6 Å². The fourth-order valence-electron chi connectivity index (χ4n) is 3.52. The molecule has 144 valence electrons. The lowest BCUT2D eigenvalue weighted by molar-refractivity contribution is 0.303. The molecule has 0 saturated heterocycles. The molecule has 0 radical (unpaired) electrons. The molecule has 0 spiro atoms. The van der Waals surface area contributed by atoms with Gasteiger partial charge in [0.2, 0.25) is 0 Å².